The third kappa shape index (κ3) is 3.67. The van der Waals surface area contributed by atoms with Gasteiger partial charge in [0.1, 0.15) is 5.84 Å². The van der Waals surface area contributed by atoms with E-state index in [2.05, 4.69) is 4.90 Å². The van der Waals surface area contributed by atoms with Crippen LogP contribution in [0.25, 0.3) is 0 Å². The molecular weight excluding hydrogens is 220 g/mol. The minimum Gasteiger partial charge on any atom is -0.378 e. The number of ether oxygens (including phenoxy) is 1. The molecule has 92 valence electrons. The predicted octanol–water partition coefficient (Wildman–Crippen LogP) is 2.36. The highest BCUT2D eigenvalue weighted by molar-refractivity contribution is 8.00. The van der Waals surface area contributed by atoms with Crippen molar-refractivity contribution in [1.82, 2.24) is 4.90 Å². The van der Waals surface area contributed by atoms with Crippen LogP contribution in [0.4, 0.5) is 0 Å². The highest BCUT2D eigenvalue weighted by atomic mass is 32.2. The molecular formula is C12H22N2OS. The molecule has 0 bridgehead atoms. The molecule has 1 saturated carbocycles. The Balaban J connectivity index is 1.65. The van der Waals surface area contributed by atoms with Crippen molar-refractivity contribution in [1.29, 1.82) is 5.41 Å². The van der Waals surface area contributed by atoms with Gasteiger partial charge in [0, 0.05) is 18.3 Å². The van der Waals surface area contributed by atoms with Crippen molar-refractivity contribution in [3.63, 3.8) is 0 Å². The van der Waals surface area contributed by atoms with Crippen LogP contribution >= 0.6 is 11.8 Å². The van der Waals surface area contributed by atoms with Gasteiger partial charge >= 0.3 is 0 Å². The number of morpholine rings is 1. The Labute approximate surface area is 102 Å². The maximum Gasteiger partial charge on any atom is 0.106 e. The van der Waals surface area contributed by atoms with Crippen LogP contribution in [0.1, 0.15) is 32.1 Å². The van der Waals surface area contributed by atoms with Gasteiger partial charge in [-0.05, 0) is 12.8 Å². The molecule has 16 heavy (non-hydrogen) atoms. The fraction of sp³-hybridized carbons (Fsp3) is 0.917. The summed E-state index contributed by atoms with van der Waals surface area (Å²) in [5.74, 6) is 1.70. The van der Waals surface area contributed by atoms with E-state index in [0.29, 0.717) is 0 Å². The van der Waals surface area contributed by atoms with Gasteiger partial charge < -0.3 is 9.64 Å². The van der Waals surface area contributed by atoms with E-state index in [4.69, 9.17) is 10.1 Å². The van der Waals surface area contributed by atoms with Gasteiger partial charge in [-0.15, -0.1) is 0 Å². The molecule has 1 heterocycles. The van der Waals surface area contributed by atoms with Gasteiger partial charge in [-0.2, -0.15) is 11.8 Å². The van der Waals surface area contributed by atoms with E-state index in [9.17, 15) is 0 Å². The zero-order chi connectivity index (χ0) is 11.2. The Morgan fingerprint density at radius 2 is 1.88 bits per heavy atom. The molecule has 2 fully saturated rings. The molecule has 2 aliphatic rings. The Morgan fingerprint density at radius 1 is 1.19 bits per heavy atom. The molecule has 1 N–H and O–H groups in total. The van der Waals surface area contributed by atoms with Crippen molar-refractivity contribution in [2.75, 3.05) is 32.1 Å². The maximum atomic E-state index is 8.05. The summed E-state index contributed by atoms with van der Waals surface area (Å²) in [6.07, 6.45) is 6.92. The molecule has 0 radical (unpaired) electrons. The van der Waals surface area contributed by atoms with Crippen molar-refractivity contribution in [2.24, 2.45) is 0 Å². The third-order valence-corrected chi connectivity index (χ3v) is 4.78. The van der Waals surface area contributed by atoms with Gasteiger partial charge in [0.25, 0.3) is 0 Å². The fourth-order valence-corrected chi connectivity index (χ4v) is 3.60. The SMILES string of the molecule is N=C(CSC1CCCCC1)N1CCOCC1. The van der Waals surface area contributed by atoms with Gasteiger partial charge in [0.05, 0.1) is 19.0 Å². The quantitative estimate of drug-likeness (QED) is 0.609. The van der Waals surface area contributed by atoms with Crippen molar-refractivity contribution in [2.45, 2.75) is 37.4 Å². The third-order valence-electron chi connectivity index (χ3n) is 3.40. The van der Waals surface area contributed by atoms with Crippen LogP contribution < -0.4 is 0 Å². The lowest BCUT2D eigenvalue weighted by atomic mass is 10.0. The Bertz CT molecular complexity index is 223. The molecule has 0 unspecified atom stereocenters. The van der Waals surface area contributed by atoms with Crippen LogP contribution in [-0.4, -0.2) is 48.0 Å². The summed E-state index contributed by atoms with van der Waals surface area (Å²) in [4.78, 5) is 2.17. The number of nitrogens with zero attached hydrogens (tertiary/aromatic N) is 1. The normalized spacial score (nSPS) is 23.4. The van der Waals surface area contributed by atoms with Crippen molar-refractivity contribution in [3.05, 3.63) is 0 Å². The van der Waals surface area contributed by atoms with E-state index < -0.39 is 0 Å². The molecule has 0 spiro atoms. The van der Waals surface area contributed by atoms with E-state index in [0.717, 1.165) is 43.1 Å². The van der Waals surface area contributed by atoms with Gasteiger partial charge in [0.15, 0.2) is 0 Å². The van der Waals surface area contributed by atoms with Crippen LogP contribution in [0, 0.1) is 5.41 Å². The first-order valence-electron chi connectivity index (χ1n) is 6.38. The Kier molecular flexibility index (Phi) is 4.97. The van der Waals surface area contributed by atoms with Crippen LogP contribution in [0.3, 0.4) is 0 Å². The van der Waals surface area contributed by atoms with Gasteiger partial charge in [-0.3, -0.25) is 5.41 Å². The smallest absolute Gasteiger partial charge is 0.106 e. The summed E-state index contributed by atoms with van der Waals surface area (Å²) < 4.78 is 5.30. The first-order valence-corrected chi connectivity index (χ1v) is 7.43. The largest absolute Gasteiger partial charge is 0.378 e. The lowest BCUT2D eigenvalue weighted by molar-refractivity contribution is 0.0676. The van der Waals surface area contributed by atoms with Gasteiger partial charge in [-0.25, -0.2) is 0 Å². The minimum absolute atomic E-state index is 0.788. The van der Waals surface area contributed by atoms with Crippen molar-refractivity contribution < 1.29 is 4.74 Å². The van der Waals surface area contributed by atoms with E-state index in [1.807, 2.05) is 11.8 Å². The Hall–Kier alpha value is -0.220. The molecule has 1 aliphatic heterocycles. The van der Waals surface area contributed by atoms with Gasteiger partial charge in [-0.1, -0.05) is 19.3 Å². The first kappa shape index (κ1) is 12.2. The highest BCUT2D eigenvalue weighted by Crippen LogP contribution is 2.28. The van der Waals surface area contributed by atoms with Crippen molar-refractivity contribution in [3.8, 4) is 0 Å². The zero-order valence-electron chi connectivity index (χ0n) is 9.91. The fourth-order valence-electron chi connectivity index (χ4n) is 2.35. The summed E-state index contributed by atoms with van der Waals surface area (Å²) >= 11 is 1.99. The number of hydrogen-bond donors (Lipinski definition) is 1. The molecule has 0 aromatic heterocycles. The van der Waals surface area contributed by atoms with E-state index in [-0.39, 0.29) is 0 Å². The second-order valence-corrected chi connectivity index (χ2v) is 5.91. The molecule has 0 amide bonds. The molecule has 0 atom stereocenters. The number of rotatable bonds is 3. The molecule has 2 rings (SSSR count). The second kappa shape index (κ2) is 6.50. The summed E-state index contributed by atoms with van der Waals surface area (Å²) in [7, 11) is 0. The molecule has 1 saturated heterocycles. The lowest BCUT2D eigenvalue weighted by Gasteiger charge is -2.30. The highest BCUT2D eigenvalue weighted by Gasteiger charge is 2.17. The molecule has 0 aromatic rings. The van der Waals surface area contributed by atoms with Gasteiger partial charge in [0.2, 0.25) is 0 Å². The maximum absolute atomic E-state index is 8.05. The topological polar surface area (TPSA) is 36.3 Å². The number of amidine groups is 1. The van der Waals surface area contributed by atoms with Crippen molar-refractivity contribution >= 4 is 17.6 Å². The van der Waals surface area contributed by atoms with Crippen LogP contribution in [0.2, 0.25) is 0 Å². The number of thioether (sulfide) groups is 1. The predicted molar refractivity (Wildman–Crippen MR) is 69.4 cm³/mol. The summed E-state index contributed by atoms with van der Waals surface area (Å²) in [5, 5.41) is 8.87. The molecule has 0 aromatic carbocycles. The van der Waals surface area contributed by atoms with E-state index in [1.54, 1.807) is 0 Å². The lowest BCUT2D eigenvalue weighted by Crippen LogP contribution is -2.41. The minimum atomic E-state index is 0.788. The first-order chi connectivity index (χ1) is 7.86. The average Bonchev–Trinajstić information content (AvgIpc) is 2.38. The van der Waals surface area contributed by atoms with E-state index >= 15 is 0 Å². The summed E-state index contributed by atoms with van der Waals surface area (Å²) in [6.45, 7) is 3.39. The van der Waals surface area contributed by atoms with E-state index in [1.165, 1.54) is 32.1 Å². The molecule has 3 nitrogen and oxygen atoms in total. The second-order valence-electron chi connectivity index (χ2n) is 4.62. The standard InChI is InChI=1S/C12H22N2OS/c13-12(14-6-8-15-9-7-14)10-16-11-4-2-1-3-5-11/h11,13H,1-10H2. The van der Waals surface area contributed by atoms with Crippen LogP contribution in [0.5, 0.6) is 0 Å². The van der Waals surface area contributed by atoms with Crippen LogP contribution in [0.15, 0.2) is 0 Å². The molecule has 4 heteroatoms. The zero-order valence-corrected chi connectivity index (χ0v) is 10.7. The number of nitrogens with one attached hydrogen (secondary N) is 1. The van der Waals surface area contributed by atoms with Crippen LogP contribution in [-0.2, 0) is 4.74 Å². The number of hydrogen-bond acceptors (Lipinski definition) is 3. The monoisotopic (exact) mass is 242 g/mol. The molecule has 1 aliphatic carbocycles. The Morgan fingerprint density at radius 3 is 2.56 bits per heavy atom. The summed E-state index contributed by atoms with van der Waals surface area (Å²) in [6, 6.07) is 0. The summed E-state index contributed by atoms with van der Waals surface area (Å²) in [5.41, 5.74) is 0. The average molecular weight is 242 g/mol.